The van der Waals surface area contributed by atoms with Crippen LogP contribution >= 0.6 is 11.6 Å². The summed E-state index contributed by atoms with van der Waals surface area (Å²) in [5.41, 5.74) is 1.13. The third kappa shape index (κ3) is 6.69. The Morgan fingerprint density at radius 3 is 2.44 bits per heavy atom. The fraction of sp³-hybridized carbons (Fsp3) is 0.682. The van der Waals surface area contributed by atoms with Crippen molar-refractivity contribution in [3.8, 4) is 0 Å². The highest BCUT2D eigenvalue weighted by Gasteiger charge is 2.22. The minimum Gasteiger partial charge on any atom is -0.335 e. The molecule has 3 rings (SSSR count). The molecular formula is C22H34ClN3O. The summed E-state index contributed by atoms with van der Waals surface area (Å²) in [6.07, 6.45) is 8.53. The van der Waals surface area contributed by atoms with E-state index in [2.05, 4.69) is 17.1 Å². The molecule has 0 aromatic heterocycles. The second-order valence-electron chi connectivity index (χ2n) is 8.36. The van der Waals surface area contributed by atoms with E-state index in [1.54, 1.807) is 0 Å². The second-order valence-corrected chi connectivity index (χ2v) is 8.79. The zero-order chi connectivity index (χ0) is 19.1. The monoisotopic (exact) mass is 391 g/mol. The van der Waals surface area contributed by atoms with Gasteiger partial charge in [0.2, 0.25) is 0 Å². The van der Waals surface area contributed by atoms with Crippen LogP contribution in [0, 0.1) is 5.92 Å². The van der Waals surface area contributed by atoms with Crippen molar-refractivity contribution in [3.63, 3.8) is 0 Å². The van der Waals surface area contributed by atoms with E-state index >= 15 is 0 Å². The minimum atomic E-state index is 0.0854. The summed E-state index contributed by atoms with van der Waals surface area (Å²) in [5.74, 6) is 0.834. The van der Waals surface area contributed by atoms with E-state index in [-0.39, 0.29) is 6.03 Å². The van der Waals surface area contributed by atoms with Crippen LogP contribution in [-0.4, -0.2) is 48.1 Å². The van der Waals surface area contributed by atoms with Crippen molar-refractivity contribution in [1.29, 1.82) is 0 Å². The van der Waals surface area contributed by atoms with Crippen LogP contribution in [0.1, 0.15) is 57.4 Å². The number of urea groups is 1. The lowest BCUT2D eigenvalue weighted by molar-refractivity contribution is 0.153. The average Bonchev–Trinajstić information content (AvgIpc) is 2.68. The summed E-state index contributed by atoms with van der Waals surface area (Å²) in [5, 5.41) is 4.02. The van der Waals surface area contributed by atoms with Gasteiger partial charge in [0.15, 0.2) is 0 Å². The van der Waals surface area contributed by atoms with Gasteiger partial charge in [0.05, 0.1) is 0 Å². The van der Waals surface area contributed by atoms with Crippen LogP contribution in [0.5, 0.6) is 0 Å². The molecule has 1 heterocycles. The quantitative estimate of drug-likeness (QED) is 0.747. The van der Waals surface area contributed by atoms with Gasteiger partial charge in [-0.15, -0.1) is 0 Å². The maximum absolute atomic E-state index is 13.0. The van der Waals surface area contributed by atoms with E-state index in [4.69, 9.17) is 11.6 Å². The Hall–Kier alpha value is -1.26. The molecule has 0 spiro atoms. The van der Waals surface area contributed by atoms with Crippen molar-refractivity contribution in [2.75, 3.05) is 26.2 Å². The third-order valence-corrected chi connectivity index (χ3v) is 6.32. The molecule has 1 saturated carbocycles. The number of halogens is 1. The summed E-state index contributed by atoms with van der Waals surface area (Å²) in [4.78, 5) is 17.5. The molecule has 0 radical (unpaired) electrons. The van der Waals surface area contributed by atoms with Crippen LogP contribution < -0.4 is 5.32 Å². The van der Waals surface area contributed by atoms with Gasteiger partial charge < -0.3 is 15.1 Å². The van der Waals surface area contributed by atoms with Gasteiger partial charge >= 0.3 is 6.03 Å². The molecule has 2 amide bonds. The summed E-state index contributed by atoms with van der Waals surface area (Å²) in [7, 11) is 0. The smallest absolute Gasteiger partial charge is 0.317 e. The largest absolute Gasteiger partial charge is 0.335 e. The van der Waals surface area contributed by atoms with E-state index in [1.165, 1.54) is 32.1 Å². The molecule has 150 valence electrons. The Labute approximate surface area is 169 Å². The first-order valence-electron chi connectivity index (χ1n) is 10.6. The molecule has 1 N–H and O–H groups in total. The zero-order valence-electron chi connectivity index (χ0n) is 16.6. The molecule has 2 aliphatic rings. The van der Waals surface area contributed by atoms with Crippen molar-refractivity contribution >= 4 is 17.6 Å². The van der Waals surface area contributed by atoms with Gasteiger partial charge in [0, 0.05) is 30.7 Å². The molecule has 27 heavy (non-hydrogen) atoms. The van der Waals surface area contributed by atoms with E-state index in [0.29, 0.717) is 12.6 Å². The fourth-order valence-corrected chi connectivity index (χ4v) is 4.25. The lowest BCUT2D eigenvalue weighted by Crippen LogP contribution is -2.48. The Balaban J connectivity index is 1.58. The van der Waals surface area contributed by atoms with Crippen molar-refractivity contribution in [1.82, 2.24) is 15.1 Å². The summed E-state index contributed by atoms with van der Waals surface area (Å²) in [6.45, 7) is 7.01. The zero-order valence-corrected chi connectivity index (χ0v) is 17.4. The highest BCUT2D eigenvalue weighted by atomic mass is 35.5. The molecule has 1 saturated heterocycles. The number of nitrogens with one attached hydrogen (secondary N) is 1. The molecule has 0 atom stereocenters. The van der Waals surface area contributed by atoms with E-state index in [9.17, 15) is 4.79 Å². The maximum Gasteiger partial charge on any atom is 0.317 e. The van der Waals surface area contributed by atoms with Gasteiger partial charge in [-0.05, 0) is 62.4 Å². The summed E-state index contributed by atoms with van der Waals surface area (Å²) < 4.78 is 0. The first kappa shape index (κ1) is 20.5. The lowest BCUT2D eigenvalue weighted by Gasteiger charge is -2.33. The average molecular weight is 392 g/mol. The minimum absolute atomic E-state index is 0.0854. The molecule has 1 aliphatic heterocycles. The molecule has 0 bridgehead atoms. The summed E-state index contributed by atoms with van der Waals surface area (Å²) in [6, 6.07) is 8.27. The second kappa shape index (κ2) is 10.3. The molecule has 1 aliphatic carbocycles. The maximum atomic E-state index is 13.0. The van der Waals surface area contributed by atoms with Gasteiger partial charge in [0.25, 0.3) is 0 Å². The number of carbonyl (C=O) groups is 1. The van der Waals surface area contributed by atoms with Gasteiger partial charge in [-0.1, -0.05) is 49.9 Å². The van der Waals surface area contributed by atoms with Crippen LogP contribution in [0.15, 0.2) is 24.3 Å². The van der Waals surface area contributed by atoms with Crippen molar-refractivity contribution < 1.29 is 4.79 Å². The van der Waals surface area contributed by atoms with Crippen molar-refractivity contribution in [3.05, 3.63) is 34.9 Å². The highest BCUT2D eigenvalue weighted by Crippen LogP contribution is 2.19. The number of amides is 2. The van der Waals surface area contributed by atoms with E-state index in [1.807, 2.05) is 29.2 Å². The summed E-state index contributed by atoms with van der Waals surface area (Å²) >= 11 is 6.01. The molecule has 0 unspecified atom stereocenters. The highest BCUT2D eigenvalue weighted by molar-refractivity contribution is 6.30. The molecule has 1 aromatic carbocycles. The van der Waals surface area contributed by atoms with Crippen LogP contribution in [0.3, 0.4) is 0 Å². The van der Waals surface area contributed by atoms with Gasteiger partial charge in [-0.2, -0.15) is 0 Å². The topological polar surface area (TPSA) is 35.6 Å². The van der Waals surface area contributed by atoms with Crippen molar-refractivity contribution in [2.45, 2.75) is 64.5 Å². The standard InChI is InChI=1S/C22H34ClN3O/c1-18-11-13-25(14-12-18)15-16-26(17-19-7-9-20(23)10-8-19)22(27)24-21-5-3-2-4-6-21/h7-10,18,21H,2-6,11-17H2,1H3,(H,24,27). The van der Waals surface area contributed by atoms with Gasteiger partial charge in [-0.25, -0.2) is 4.79 Å². The normalized spacial score (nSPS) is 19.8. The van der Waals surface area contributed by atoms with Gasteiger partial charge in [0.1, 0.15) is 0 Å². The first-order valence-corrected chi connectivity index (χ1v) is 11.0. The van der Waals surface area contributed by atoms with E-state index in [0.717, 1.165) is 55.5 Å². The molecule has 2 fully saturated rings. The van der Waals surface area contributed by atoms with Crippen LogP contribution in [0.25, 0.3) is 0 Å². The van der Waals surface area contributed by atoms with Crippen LogP contribution in [0.4, 0.5) is 4.79 Å². The molecule has 5 heteroatoms. The van der Waals surface area contributed by atoms with Crippen LogP contribution in [0.2, 0.25) is 5.02 Å². The van der Waals surface area contributed by atoms with E-state index < -0.39 is 0 Å². The van der Waals surface area contributed by atoms with Crippen molar-refractivity contribution in [2.24, 2.45) is 5.92 Å². The number of nitrogens with zero attached hydrogens (tertiary/aromatic N) is 2. The number of likely N-dealkylation sites (tertiary alicyclic amines) is 1. The lowest BCUT2D eigenvalue weighted by atomic mass is 9.96. The number of hydrogen-bond donors (Lipinski definition) is 1. The number of carbonyl (C=O) groups excluding carboxylic acids is 1. The third-order valence-electron chi connectivity index (χ3n) is 6.07. The number of piperidine rings is 1. The predicted octanol–water partition coefficient (Wildman–Crippen LogP) is 4.92. The molecule has 4 nitrogen and oxygen atoms in total. The SMILES string of the molecule is CC1CCN(CCN(Cc2ccc(Cl)cc2)C(=O)NC2CCCCC2)CC1. The Morgan fingerprint density at radius 1 is 1.11 bits per heavy atom. The fourth-order valence-electron chi connectivity index (χ4n) is 4.12. The van der Waals surface area contributed by atoms with Gasteiger partial charge in [-0.3, -0.25) is 0 Å². The first-order chi connectivity index (χ1) is 13.1. The Kier molecular flexibility index (Phi) is 7.83. The Morgan fingerprint density at radius 2 is 1.78 bits per heavy atom. The number of benzene rings is 1. The molecule has 1 aromatic rings. The molecular weight excluding hydrogens is 358 g/mol. The predicted molar refractivity (Wildman–Crippen MR) is 112 cm³/mol. The van der Waals surface area contributed by atoms with Crippen LogP contribution in [-0.2, 0) is 6.54 Å². The Bertz CT molecular complexity index is 578. The number of hydrogen-bond acceptors (Lipinski definition) is 2. The number of rotatable bonds is 6.